The third-order valence-corrected chi connectivity index (χ3v) is 2.60. The van der Waals surface area contributed by atoms with Crippen LogP contribution in [0.4, 0.5) is 0 Å². The molecule has 0 fully saturated rings. The molecule has 17 heavy (non-hydrogen) atoms. The molecule has 0 rings (SSSR count). The summed E-state index contributed by atoms with van der Waals surface area (Å²) < 4.78 is 0. The third kappa shape index (κ3) is 6.26. The van der Waals surface area contributed by atoms with Crippen LogP contribution in [0, 0.1) is 11.8 Å². The fourth-order valence-electron chi connectivity index (χ4n) is 1.71. The predicted octanol–water partition coefficient (Wildman–Crippen LogP) is 0.977. The number of rotatable bonds is 8. The van der Waals surface area contributed by atoms with E-state index in [0.29, 0.717) is 25.2 Å². The summed E-state index contributed by atoms with van der Waals surface area (Å²) in [5, 5.41) is 11.5. The first-order valence-corrected chi connectivity index (χ1v) is 6.15. The molecule has 0 aliphatic rings. The fraction of sp³-hybridized carbons (Fsp3) is 0.833. The maximum Gasteiger partial charge on any atom is 0.326 e. The van der Waals surface area contributed by atoms with E-state index >= 15 is 0 Å². The number of carbonyl (C=O) groups excluding carboxylic acids is 1. The molecule has 0 saturated carbocycles. The Morgan fingerprint density at radius 1 is 1.35 bits per heavy atom. The van der Waals surface area contributed by atoms with Crippen molar-refractivity contribution in [2.45, 2.75) is 46.1 Å². The molecule has 0 aliphatic heterocycles. The van der Waals surface area contributed by atoms with Crippen molar-refractivity contribution in [2.75, 3.05) is 6.54 Å². The molecule has 0 aliphatic carbocycles. The van der Waals surface area contributed by atoms with Gasteiger partial charge in [-0.15, -0.1) is 0 Å². The molecule has 0 spiro atoms. The molecular weight excluding hydrogens is 220 g/mol. The Bertz CT molecular complexity index is 254. The van der Waals surface area contributed by atoms with Crippen LogP contribution >= 0.6 is 0 Å². The second kappa shape index (κ2) is 8.06. The highest BCUT2D eigenvalue weighted by Crippen LogP contribution is 2.11. The van der Waals surface area contributed by atoms with Crippen LogP contribution in [0.2, 0.25) is 0 Å². The lowest BCUT2D eigenvalue weighted by Gasteiger charge is -2.20. The minimum Gasteiger partial charge on any atom is -0.480 e. The van der Waals surface area contributed by atoms with Crippen LogP contribution in [0.15, 0.2) is 0 Å². The van der Waals surface area contributed by atoms with Crippen molar-refractivity contribution >= 4 is 11.9 Å². The van der Waals surface area contributed by atoms with Gasteiger partial charge in [-0.05, 0) is 18.8 Å². The van der Waals surface area contributed by atoms with Crippen LogP contribution in [0.3, 0.4) is 0 Å². The molecular formula is C12H24N2O3. The van der Waals surface area contributed by atoms with Crippen molar-refractivity contribution in [1.82, 2.24) is 5.32 Å². The molecule has 0 bridgehead atoms. The van der Waals surface area contributed by atoms with Gasteiger partial charge in [0, 0.05) is 6.54 Å². The molecule has 1 unspecified atom stereocenters. The summed E-state index contributed by atoms with van der Waals surface area (Å²) in [5.74, 6) is -1.17. The standard InChI is InChI=1S/C12H24N2O3/c1-4-5-10(12(16)17)14-11(15)9(7-13)6-8(2)3/h8-10H,4-7,13H2,1-3H3,(H,14,15)(H,16,17)/t9?,10-/m1/s1. The van der Waals surface area contributed by atoms with E-state index in [0.717, 1.165) is 0 Å². The van der Waals surface area contributed by atoms with Gasteiger partial charge in [0.1, 0.15) is 6.04 Å². The van der Waals surface area contributed by atoms with Crippen molar-refractivity contribution in [3.05, 3.63) is 0 Å². The monoisotopic (exact) mass is 244 g/mol. The fourth-order valence-corrected chi connectivity index (χ4v) is 1.71. The second-order valence-electron chi connectivity index (χ2n) is 4.75. The number of carboxylic acids is 1. The van der Waals surface area contributed by atoms with Gasteiger partial charge in [-0.2, -0.15) is 0 Å². The van der Waals surface area contributed by atoms with E-state index in [2.05, 4.69) is 5.32 Å². The number of hydrogen-bond donors (Lipinski definition) is 3. The summed E-state index contributed by atoms with van der Waals surface area (Å²) >= 11 is 0. The molecule has 100 valence electrons. The second-order valence-corrected chi connectivity index (χ2v) is 4.75. The van der Waals surface area contributed by atoms with Crippen LogP contribution in [-0.2, 0) is 9.59 Å². The largest absolute Gasteiger partial charge is 0.480 e. The molecule has 0 saturated heterocycles. The molecule has 4 N–H and O–H groups in total. The highest BCUT2D eigenvalue weighted by molar-refractivity contribution is 5.85. The van der Waals surface area contributed by atoms with Gasteiger partial charge in [0.05, 0.1) is 5.92 Å². The lowest BCUT2D eigenvalue weighted by Crippen LogP contribution is -2.45. The molecule has 5 nitrogen and oxygen atoms in total. The van der Waals surface area contributed by atoms with Crippen molar-refractivity contribution in [3.63, 3.8) is 0 Å². The number of nitrogens with one attached hydrogen (secondary N) is 1. The molecule has 0 heterocycles. The van der Waals surface area contributed by atoms with Crippen LogP contribution in [0.25, 0.3) is 0 Å². The van der Waals surface area contributed by atoms with E-state index in [9.17, 15) is 9.59 Å². The Balaban J connectivity index is 4.40. The molecule has 5 heteroatoms. The van der Waals surface area contributed by atoms with Crippen molar-refractivity contribution in [1.29, 1.82) is 0 Å². The van der Waals surface area contributed by atoms with E-state index in [-0.39, 0.29) is 18.4 Å². The van der Waals surface area contributed by atoms with Gasteiger partial charge < -0.3 is 16.2 Å². The average molecular weight is 244 g/mol. The summed E-state index contributed by atoms with van der Waals surface area (Å²) in [6.45, 7) is 6.16. The van der Waals surface area contributed by atoms with E-state index in [4.69, 9.17) is 10.8 Å². The topological polar surface area (TPSA) is 92.4 Å². The molecule has 0 aromatic heterocycles. The van der Waals surface area contributed by atoms with Gasteiger partial charge in [0.2, 0.25) is 5.91 Å². The normalized spacial score (nSPS) is 14.4. The quantitative estimate of drug-likeness (QED) is 0.593. The first-order valence-electron chi connectivity index (χ1n) is 6.15. The lowest BCUT2D eigenvalue weighted by molar-refractivity contribution is -0.142. The third-order valence-electron chi connectivity index (χ3n) is 2.60. The van der Waals surface area contributed by atoms with Crippen LogP contribution in [-0.4, -0.2) is 29.6 Å². The number of nitrogens with two attached hydrogens (primary N) is 1. The van der Waals surface area contributed by atoms with Crippen LogP contribution < -0.4 is 11.1 Å². The number of carbonyl (C=O) groups is 2. The molecule has 1 amide bonds. The first kappa shape index (κ1) is 15.9. The predicted molar refractivity (Wildman–Crippen MR) is 66.5 cm³/mol. The molecule has 0 radical (unpaired) electrons. The van der Waals surface area contributed by atoms with Crippen LogP contribution in [0.5, 0.6) is 0 Å². The van der Waals surface area contributed by atoms with Gasteiger partial charge in [-0.1, -0.05) is 27.2 Å². The van der Waals surface area contributed by atoms with Gasteiger partial charge >= 0.3 is 5.97 Å². The van der Waals surface area contributed by atoms with E-state index in [1.807, 2.05) is 20.8 Å². The van der Waals surface area contributed by atoms with Crippen molar-refractivity contribution in [2.24, 2.45) is 17.6 Å². The van der Waals surface area contributed by atoms with Crippen molar-refractivity contribution < 1.29 is 14.7 Å². The maximum atomic E-state index is 11.8. The van der Waals surface area contributed by atoms with E-state index in [1.165, 1.54) is 0 Å². The first-order chi connectivity index (χ1) is 7.92. The van der Waals surface area contributed by atoms with Crippen LogP contribution in [0.1, 0.15) is 40.0 Å². The minimum absolute atomic E-state index is 0.248. The Morgan fingerprint density at radius 2 is 1.94 bits per heavy atom. The smallest absolute Gasteiger partial charge is 0.326 e. The van der Waals surface area contributed by atoms with Gasteiger partial charge in [0.25, 0.3) is 0 Å². The van der Waals surface area contributed by atoms with E-state index < -0.39 is 12.0 Å². The zero-order chi connectivity index (χ0) is 13.4. The zero-order valence-electron chi connectivity index (χ0n) is 10.9. The molecule has 0 aromatic rings. The number of amides is 1. The van der Waals surface area contributed by atoms with E-state index in [1.54, 1.807) is 0 Å². The SMILES string of the molecule is CCC[C@@H](NC(=O)C(CN)CC(C)C)C(=O)O. The van der Waals surface area contributed by atoms with Gasteiger partial charge in [-0.25, -0.2) is 4.79 Å². The summed E-state index contributed by atoms with van der Waals surface area (Å²) in [6, 6.07) is -0.797. The minimum atomic E-state index is -0.986. The molecule has 2 atom stereocenters. The Hall–Kier alpha value is -1.10. The Labute approximate surface area is 103 Å². The lowest BCUT2D eigenvalue weighted by atomic mass is 9.96. The summed E-state index contributed by atoms with van der Waals surface area (Å²) in [6.07, 6.45) is 1.84. The highest BCUT2D eigenvalue weighted by atomic mass is 16.4. The van der Waals surface area contributed by atoms with Gasteiger partial charge in [0.15, 0.2) is 0 Å². The van der Waals surface area contributed by atoms with Crippen molar-refractivity contribution in [3.8, 4) is 0 Å². The maximum absolute atomic E-state index is 11.8. The average Bonchev–Trinajstić information content (AvgIpc) is 2.24. The summed E-state index contributed by atoms with van der Waals surface area (Å²) in [4.78, 5) is 22.8. The van der Waals surface area contributed by atoms with Gasteiger partial charge in [-0.3, -0.25) is 4.79 Å². The molecule has 0 aromatic carbocycles. The number of hydrogen-bond acceptors (Lipinski definition) is 3. The number of carboxylic acid groups (broad SMARTS) is 1. The number of aliphatic carboxylic acids is 1. The Morgan fingerprint density at radius 3 is 2.29 bits per heavy atom. The Kier molecular flexibility index (Phi) is 7.54. The summed E-state index contributed by atoms with van der Waals surface area (Å²) in [5.41, 5.74) is 5.54. The summed E-state index contributed by atoms with van der Waals surface area (Å²) in [7, 11) is 0. The zero-order valence-corrected chi connectivity index (χ0v) is 10.9. The highest BCUT2D eigenvalue weighted by Gasteiger charge is 2.24.